The number of anilines is 2. The fraction of sp³-hybridized carbons (Fsp3) is 0.308. The predicted molar refractivity (Wildman–Crippen MR) is 75.7 cm³/mol. The van der Waals surface area contributed by atoms with Crippen LogP contribution in [0.5, 0.6) is 0 Å². The van der Waals surface area contributed by atoms with E-state index < -0.39 is 0 Å². The van der Waals surface area contributed by atoms with Crippen LogP contribution in [0.25, 0.3) is 10.9 Å². The molecule has 0 atom stereocenters. The van der Waals surface area contributed by atoms with Crippen LogP contribution in [-0.4, -0.2) is 29.6 Å². The van der Waals surface area contributed by atoms with Crippen molar-refractivity contribution in [1.82, 2.24) is 4.98 Å². The Balaban J connectivity index is 2.20. The highest BCUT2D eigenvalue weighted by Crippen LogP contribution is 2.33. The standard InChI is InChI=1S/C13H14FN3S/c14-10-8-11(15)9-2-1-3-16-12(9)13(10)17-4-6-18-7-5-17/h1-3,8H,4-7,15H2. The largest absolute Gasteiger partial charge is 0.398 e. The molecule has 1 aromatic carbocycles. The number of hydrogen-bond acceptors (Lipinski definition) is 4. The summed E-state index contributed by atoms with van der Waals surface area (Å²) in [5.74, 6) is 1.78. The van der Waals surface area contributed by atoms with Crippen LogP contribution in [0.15, 0.2) is 24.4 Å². The van der Waals surface area contributed by atoms with Gasteiger partial charge in [0.05, 0.1) is 11.2 Å². The van der Waals surface area contributed by atoms with Crippen LogP contribution in [0.3, 0.4) is 0 Å². The average Bonchev–Trinajstić information content (AvgIpc) is 2.40. The Morgan fingerprint density at radius 1 is 1.33 bits per heavy atom. The molecule has 94 valence electrons. The third-order valence-electron chi connectivity index (χ3n) is 3.18. The molecule has 0 saturated carbocycles. The van der Waals surface area contributed by atoms with E-state index in [1.54, 1.807) is 6.20 Å². The minimum atomic E-state index is -0.273. The Morgan fingerprint density at radius 3 is 2.89 bits per heavy atom. The van der Waals surface area contributed by atoms with E-state index >= 15 is 0 Å². The lowest BCUT2D eigenvalue weighted by Crippen LogP contribution is -2.33. The summed E-state index contributed by atoms with van der Waals surface area (Å²) < 4.78 is 14.2. The number of thioether (sulfide) groups is 1. The monoisotopic (exact) mass is 263 g/mol. The topological polar surface area (TPSA) is 42.1 Å². The number of pyridine rings is 1. The highest BCUT2D eigenvalue weighted by Gasteiger charge is 2.19. The smallest absolute Gasteiger partial charge is 0.150 e. The lowest BCUT2D eigenvalue weighted by Gasteiger charge is -2.29. The lowest BCUT2D eigenvalue weighted by molar-refractivity contribution is 0.622. The van der Waals surface area contributed by atoms with Gasteiger partial charge in [0.25, 0.3) is 0 Å². The van der Waals surface area contributed by atoms with Crippen LogP contribution >= 0.6 is 11.8 Å². The number of fused-ring (bicyclic) bond motifs is 1. The van der Waals surface area contributed by atoms with Crippen LogP contribution in [-0.2, 0) is 0 Å². The quantitative estimate of drug-likeness (QED) is 0.803. The van der Waals surface area contributed by atoms with Gasteiger partial charge in [-0.05, 0) is 18.2 Å². The third-order valence-corrected chi connectivity index (χ3v) is 4.12. The number of hydrogen-bond donors (Lipinski definition) is 1. The van der Waals surface area contributed by atoms with E-state index in [-0.39, 0.29) is 5.82 Å². The first-order chi connectivity index (χ1) is 8.77. The molecule has 0 spiro atoms. The van der Waals surface area contributed by atoms with E-state index in [0.717, 1.165) is 30.0 Å². The van der Waals surface area contributed by atoms with Crippen LogP contribution in [0.2, 0.25) is 0 Å². The number of nitrogens with zero attached hydrogens (tertiary/aromatic N) is 2. The molecule has 0 amide bonds. The molecule has 0 bridgehead atoms. The zero-order valence-corrected chi connectivity index (χ0v) is 10.7. The second-order valence-corrected chi connectivity index (χ2v) is 5.52. The summed E-state index contributed by atoms with van der Waals surface area (Å²) in [6.45, 7) is 1.72. The normalized spacial score (nSPS) is 16.2. The maximum atomic E-state index is 14.2. The third kappa shape index (κ3) is 1.88. The number of benzene rings is 1. The molecular formula is C13H14FN3S. The number of rotatable bonds is 1. The van der Waals surface area contributed by atoms with Gasteiger partial charge in [0.1, 0.15) is 0 Å². The first kappa shape index (κ1) is 11.6. The summed E-state index contributed by atoms with van der Waals surface area (Å²) in [6, 6.07) is 5.12. The Kier molecular flexibility index (Phi) is 2.99. The SMILES string of the molecule is Nc1cc(F)c(N2CCSCC2)c2ncccc12. The Labute approximate surface area is 109 Å². The maximum Gasteiger partial charge on any atom is 0.150 e. The van der Waals surface area contributed by atoms with Crippen molar-refractivity contribution in [3.8, 4) is 0 Å². The molecule has 1 aliphatic rings. The minimum absolute atomic E-state index is 0.273. The van der Waals surface area contributed by atoms with Crippen molar-refractivity contribution < 1.29 is 4.39 Å². The fourth-order valence-corrected chi connectivity index (χ4v) is 3.21. The Bertz CT molecular complexity index is 582. The van der Waals surface area contributed by atoms with E-state index in [2.05, 4.69) is 9.88 Å². The summed E-state index contributed by atoms with van der Waals surface area (Å²) in [6.07, 6.45) is 1.68. The summed E-state index contributed by atoms with van der Waals surface area (Å²) >= 11 is 1.90. The molecule has 1 fully saturated rings. The molecule has 0 unspecified atom stereocenters. The highest BCUT2D eigenvalue weighted by molar-refractivity contribution is 7.99. The number of aromatic nitrogens is 1. The molecule has 1 saturated heterocycles. The molecule has 2 aromatic rings. The van der Waals surface area contributed by atoms with Gasteiger partial charge in [0.15, 0.2) is 5.82 Å². The van der Waals surface area contributed by atoms with E-state index in [9.17, 15) is 4.39 Å². The highest BCUT2D eigenvalue weighted by atomic mass is 32.2. The summed E-state index contributed by atoms with van der Waals surface area (Å²) in [7, 11) is 0. The molecule has 1 aliphatic heterocycles. The van der Waals surface area contributed by atoms with Crippen LogP contribution < -0.4 is 10.6 Å². The van der Waals surface area contributed by atoms with Crippen molar-refractivity contribution in [1.29, 1.82) is 0 Å². The lowest BCUT2D eigenvalue weighted by atomic mass is 10.1. The van der Waals surface area contributed by atoms with Gasteiger partial charge < -0.3 is 10.6 Å². The Morgan fingerprint density at radius 2 is 2.11 bits per heavy atom. The Hall–Kier alpha value is -1.49. The van der Waals surface area contributed by atoms with Gasteiger partial charge >= 0.3 is 0 Å². The van der Waals surface area contributed by atoms with Gasteiger partial charge in [-0.15, -0.1) is 0 Å². The average molecular weight is 263 g/mol. The summed E-state index contributed by atoms with van der Waals surface area (Å²) in [5.41, 5.74) is 7.57. The van der Waals surface area contributed by atoms with Crippen molar-refractivity contribution in [2.24, 2.45) is 0 Å². The number of halogens is 1. The first-order valence-electron chi connectivity index (χ1n) is 5.93. The van der Waals surface area contributed by atoms with Crippen LogP contribution in [0, 0.1) is 5.82 Å². The fourth-order valence-electron chi connectivity index (χ4n) is 2.31. The molecule has 3 nitrogen and oxygen atoms in total. The van der Waals surface area contributed by atoms with E-state index in [0.29, 0.717) is 16.9 Å². The molecule has 2 N–H and O–H groups in total. The molecule has 3 rings (SSSR count). The van der Waals surface area contributed by atoms with E-state index in [1.165, 1.54) is 6.07 Å². The van der Waals surface area contributed by atoms with Gasteiger partial charge in [-0.25, -0.2) is 4.39 Å². The minimum Gasteiger partial charge on any atom is -0.398 e. The van der Waals surface area contributed by atoms with E-state index in [4.69, 9.17) is 5.73 Å². The van der Waals surface area contributed by atoms with Crippen molar-refractivity contribution in [2.45, 2.75) is 0 Å². The summed E-state index contributed by atoms with van der Waals surface area (Å²) in [5, 5.41) is 0.826. The molecular weight excluding hydrogens is 249 g/mol. The zero-order chi connectivity index (χ0) is 12.5. The summed E-state index contributed by atoms with van der Waals surface area (Å²) in [4.78, 5) is 6.38. The second kappa shape index (κ2) is 4.65. The van der Waals surface area contributed by atoms with Gasteiger partial charge in [0, 0.05) is 41.9 Å². The predicted octanol–water partition coefficient (Wildman–Crippen LogP) is 2.51. The molecule has 18 heavy (non-hydrogen) atoms. The van der Waals surface area contributed by atoms with Crippen LogP contribution in [0.1, 0.15) is 0 Å². The number of nitrogens with two attached hydrogens (primary N) is 1. The molecule has 0 aliphatic carbocycles. The van der Waals surface area contributed by atoms with E-state index in [1.807, 2.05) is 23.9 Å². The van der Waals surface area contributed by atoms with Crippen LogP contribution in [0.4, 0.5) is 15.8 Å². The molecule has 5 heteroatoms. The number of nitrogen functional groups attached to an aromatic ring is 1. The maximum absolute atomic E-state index is 14.2. The van der Waals surface area contributed by atoms with Crippen molar-refractivity contribution in [2.75, 3.05) is 35.2 Å². The van der Waals surface area contributed by atoms with Crippen molar-refractivity contribution in [3.05, 3.63) is 30.2 Å². The second-order valence-electron chi connectivity index (χ2n) is 4.30. The zero-order valence-electron chi connectivity index (χ0n) is 9.90. The van der Waals surface area contributed by atoms with Gasteiger partial charge in [-0.1, -0.05) is 0 Å². The molecule has 2 heterocycles. The van der Waals surface area contributed by atoms with Gasteiger partial charge in [-0.3, -0.25) is 4.98 Å². The molecule has 0 radical (unpaired) electrons. The molecule has 1 aromatic heterocycles. The van der Waals surface area contributed by atoms with Crippen molar-refractivity contribution >= 4 is 34.0 Å². The van der Waals surface area contributed by atoms with Crippen molar-refractivity contribution in [3.63, 3.8) is 0 Å². The first-order valence-corrected chi connectivity index (χ1v) is 7.08. The van der Waals surface area contributed by atoms with Gasteiger partial charge in [0.2, 0.25) is 0 Å². The van der Waals surface area contributed by atoms with Gasteiger partial charge in [-0.2, -0.15) is 11.8 Å².